The standard InChI is InChI=1S/C18H14F2N4/c19-15-7-3-1-5-12(15)9-17-14(10-21)18(22)24(23-17)11-13-6-2-4-8-16(13)20/h1-8H,9,11,22H2. The van der Waals surface area contributed by atoms with Gasteiger partial charge in [0.1, 0.15) is 29.1 Å². The van der Waals surface area contributed by atoms with E-state index < -0.39 is 0 Å². The fraction of sp³-hybridized carbons (Fsp3) is 0.111. The van der Waals surface area contributed by atoms with Crippen LogP contribution in [0.5, 0.6) is 0 Å². The summed E-state index contributed by atoms with van der Waals surface area (Å²) < 4.78 is 29.0. The van der Waals surface area contributed by atoms with Crippen molar-refractivity contribution in [3.8, 4) is 6.07 Å². The second kappa shape index (κ2) is 6.50. The Morgan fingerprint density at radius 3 is 2.17 bits per heavy atom. The van der Waals surface area contributed by atoms with Crippen molar-refractivity contribution in [2.75, 3.05) is 5.73 Å². The summed E-state index contributed by atoms with van der Waals surface area (Å²) in [5.74, 6) is -0.600. The Labute approximate surface area is 137 Å². The molecule has 0 aliphatic heterocycles. The van der Waals surface area contributed by atoms with E-state index in [0.717, 1.165) is 0 Å². The van der Waals surface area contributed by atoms with Crippen molar-refractivity contribution >= 4 is 5.82 Å². The lowest BCUT2D eigenvalue weighted by atomic mass is 10.1. The van der Waals surface area contributed by atoms with Crippen LogP contribution in [0.3, 0.4) is 0 Å². The molecule has 24 heavy (non-hydrogen) atoms. The van der Waals surface area contributed by atoms with Gasteiger partial charge in [0.15, 0.2) is 0 Å². The second-order valence-corrected chi connectivity index (χ2v) is 5.34. The molecule has 0 amide bonds. The molecular weight excluding hydrogens is 310 g/mol. The Balaban J connectivity index is 1.96. The minimum Gasteiger partial charge on any atom is -0.383 e. The summed E-state index contributed by atoms with van der Waals surface area (Å²) in [5, 5.41) is 13.6. The van der Waals surface area contributed by atoms with Crippen molar-refractivity contribution in [1.29, 1.82) is 5.26 Å². The van der Waals surface area contributed by atoms with Crippen LogP contribution < -0.4 is 5.73 Å². The largest absolute Gasteiger partial charge is 0.383 e. The Bertz CT molecular complexity index is 925. The van der Waals surface area contributed by atoms with Gasteiger partial charge in [-0.1, -0.05) is 36.4 Å². The highest BCUT2D eigenvalue weighted by atomic mass is 19.1. The van der Waals surface area contributed by atoms with Crippen molar-refractivity contribution in [2.45, 2.75) is 13.0 Å². The van der Waals surface area contributed by atoms with Crippen LogP contribution in [0.2, 0.25) is 0 Å². The number of anilines is 1. The van der Waals surface area contributed by atoms with Crippen LogP contribution in [-0.4, -0.2) is 9.78 Å². The third-order valence-electron chi connectivity index (χ3n) is 3.77. The molecule has 1 aromatic heterocycles. The zero-order valence-electron chi connectivity index (χ0n) is 12.7. The lowest BCUT2D eigenvalue weighted by molar-refractivity contribution is 0.584. The van der Waals surface area contributed by atoms with Gasteiger partial charge in [0.25, 0.3) is 0 Å². The molecular formula is C18H14F2N4. The van der Waals surface area contributed by atoms with Crippen molar-refractivity contribution in [1.82, 2.24) is 9.78 Å². The maximum Gasteiger partial charge on any atom is 0.140 e. The van der Waals surface area contributed by atoms with E-state index in [9.17, 15) is 14.0 Å². The monoisotopic (exact) mass is 324 g/mol. The van der Waals surface area contributed by atoms with Gasteiger partial charge in [-0.05, 0) is 17.7 Å². The van der Waals surface area contributed by atoms with E-state index in [1.165, 1.54) is 16.8 Å². The second-order valence-electron chi connectivity index (χ2n) is 5.34. The third kappa shape index (κ3) is 2.97. The predicted octanol–water partition coefficient (Wildman–Crippen LogP) is 3.25. The maximum atomic E-state index is 13.8. The fourth-order valence-electron chi connectivity index (χ4n) is 2.50. The first-order chi connectivity index (χ1) is 11.6. The molecule has 1 heterocycles. The Morgan fingerprint density at radius 1 is 1.00 bits per heavy atom. The number of nitrogen functional groups attached to an aromatic ring is 1. The highest BCUT2D eigenvalue weighted by molar-refractivity contribution is 5.53. The molecule has 4 nitrogen and oxygen atoms in total. The van der Waals surface area contributed by atoms with E-state index in [0.29, 0.717) is 16.8 Å². The first-order valence-corrected chi connectivity index (χ1v) is 7.32. The Morgan fingerprint density at radius 2 is 1.58 bits per heavy atom. The predicted molar refractivity (Wildman–Crippen MR) is 86.1 cm³/mol. The summed E-state index contributed by atoms with van der Waals surface area (Å²) in [4.78, 5) is 0. The van der Waals surface area contributed by atoms with Crippen molar-refractivity contribution in [3.63, 3.8) is 0 Å². The van der Waals surface area contributed by atoms with E-state index in [-0.39, 0.29) is 36.0 Å². The van der Waals surface area contributed by atoms with Crippen LogP contribution in [0.4, 0.5) is 14.6 Å². The summed E-state index contributed by atoms with van der Waals surface area (Å²) in [5.41, 5.74) is 7.36. The highest BCUT2D eigenvalue weighted by Crippen LogP contribution is 2.22. The van der Waals surface area contributed by atoms with E-state index in [2.05, 4.69) is 5.10 Å². The Kier molecular flexibility index (Phi) is 4.25. The molecule has 0 spiro atoms. The van der Waals surface area contributed by atoms with Crippen molar-refractivity contribution in [3.05, 3.63) is 82.5 Å². The van der Waals surface area contributed by atoms with Gasteiger partial charge in [0.05, 0.1) is 12.2 Å². The number of hydrogen-bond donors (Lipinski definition) is 1. The van der Waals surface area contributed by atoms with Crippen LogP contribution >= 0.6 is 0 Å². The number of aromatic nitrogens is 2. The average molecular weight is 324 g/mol. The highest BCUT2D eigenvalue weighted by Gasteiger charge is 2.17. The van der Waals surface area contributed by atoms with Crippen LogP contribution in [0, 0.1) is 23.0 Å². The number of nitriles is 1. The topological polar surface area (TPSA) is 67.6 Å². The van der Waals surface area contributed by atoms with Crippen LogP contribution in [0.25, 0.3) is 0 Å². The molecule has 0 saturated carbocycles. The molecule has 0 atom stereocenters. The lowest BCUT2D eigenvalue weighted by Gasteiger charge is -2.05. The first kappa shape index (κ1) is 15.7. The molecule has 0 fully saturated rings. The molecule has 2 N–H and O–H groups in total. The minimum atomic E-state index is -0.374. The Hall–Kier alpha value is -3.20. The van der Waals surface area contributed by atoms with Gasteiger partial charge in [-0.2, -0.15) is 10.4 Å². The van der Waals surface area contributed by atoms with E-state index in [1.807, 2.05) is 6.07 Å². The first-order valence-electron chi connectivity index (χ1n) is 7.32. The molecule has 0 saturated heterocycles. The summed E-state index contributed by atoms with van der Waals surface area (Å²) in [6.45, 7) is 0.102. The van der Waals surface area contributed by atoms with Gasteiger partial charge in [0.2, 0.25) is 0 Å². The molecule has 3 rings (SSSR count). The van der Waals surface area contributed by atoms with Crippen LogP contribution in [0.15, 0.2) is 48.5 Å². The number of hydrogen-bond acceptors (Lipinski definition) is 3. The number of rotatable bonds is 4. The molecule has 0 aliphatic rings. The molecule has 120 valence electrons. The van der Waals surface area contributed by atoms with Gasteiger partial charge in [-0.3, -0.25) is 0 Å². The number of halogens is 2. The zero-order valence-corrected chi connectivity index (χ0v) is 12.7. The smallest absolute Gasteiger partial charge is 0.140 e. The van der Waals surface area contributed by atoms with Crippen molar-refractivity contribution in [2.24, 2.45) is 0 Å². The van der Waals surface area contributed by atoms with Gasteiger partial charge < -0.3 is 5.73 Å². The number of benzene rings is 2. The quantitative estimate of drug-likeness (QED) is 0.801. The maximum absolute atomic E-state index is 13.8. The van der Waals surface area contributed by atoms with Gasteiger partial charge in [-0.25, -0.2) is 13.5 Å². The fourth-order valence-corrected chi connectivity index (χ4v) is 2.50. The molecule has 0 radical (unpaired) electrons. The van der Waals surface area contributed by atoms with Crippen LogP contribution in [0.1, 0.15) is 22.4 Å². The van der Waals surface area contributed by atoms with Gasteiger partial charge >= 0.3 is 0 Å². The SMILES string of the molecule is N#Cc1c(Cc2ccccc2F)nn(Cc2ccccc2F)c1N. The molecule has 0 aliphatic carbocycles. The summed E-state index contributed by atoms with van der Waals surface area (Å²) in [6, 6.07) is 14.6. The summed E-state index contributed by atoms with van der Waals surface area (Å²) in [7, 11) is 0. The van der Waals surface area contributed by atoms with E-state index in [1.54, 1.807) is 36.4 Å². The minimum absolute atomic E-state index is 0.102. The van der Waals surface area contributed by atoms with Crippen molar-refractivity contribution < 1.29 is 8.78 Å². The molecule has 0 bridgehead atoms. The summed E-state index contributed by atoms with van der Waals surface area (Å²) >= 11 is 0. The van der Waals surface area contributed by atoms with Gasteiger partial charge in [0, 0.05) is 12.0 Å². The molecule has 6 heteroatoms. The summed E-state index contributed by atoms with van der Waals surface area (Å²) in [6.07, 6.45) is 0.143. The van der Waals surface area contributed by atoms with Gasteiger partial charge in [-0.15, -0.1) is 0 Å². The number of nitrogens with two attached hydrogens (primary N) is 1. The van der Waals surface area contributed by atoms with E-state index >= 15 is 0 Å². The number of nitrogens with zero attached hydrogens (tertiary/aromatic N) is 3. The third-order valence-corrected chi connectivity index (χ3v) is 3.77. The van der Waals surface area contributed by atoms with Crippen LogP contribution in [-0.2, 0) is 13.0 Å². The molecule has 3 aromatic rings. The molecule has 0 unspecified atom stereocenters. The zero-order chi connectivity index (χ0) is 17.1. The lowest BCUT2D eigenvalue weighted by Crippen LogP contribution is -2.07. The molecule has 2 aromatic carbocycles. The average Bonchev–Trinajstić information content (AvgIpc) is 2.87. The normalized spacial score (nSPS) is 10.5. The van der Waals surface area contributed by atoms with E-state index in [4.69, 9.17) is 5.73 Å².